The molecule has 1 aliphatic carbocycles. The first-order valence-electron chi connectivity index (χ1n) is 11.4. The molecule has 6 rings (SSSR count). The Morgan fingerprint density at radius 2 is 1.74 bits per heavy atom. The minimum Gasteiger partial charge on any atom is -0.478 e. The summed E-state index contributed by atoms with van der Waals surface area (Å²) in [6, 6.07) is 25.0. The number of hydrogen-bond acceptors (Lipinski definition) is 3. The molecule has 0 saturated heterocycles. The standard InChI is InChI=1S/C29H20ClN3O2/c30-21-8-6-7-18(16-21)27-20(17-33(32-27)22-9-2-1-3-10-22)15-19-13-14-24-26(29(34)35)23-11-4-5-12-25(23)31-28(19)24/h1-12,15-17H,13-14H2,(H,34,35). The Morgan fingerprint density at radius 3 is 2.54 bits per heavy atom. The smallest absolute Gasteiger partial charge is 0.336 e. The molecule has 5 aromatic rings. The number of aromatic nitrogens is 3. The van der Waals surface area contributed by atoms with Gasteiger partial charge in [-0.2, -0.15) is 5.10 Å². The van der Waals surface area contributed by atoms with Gasteiger partial charge in [-0.05, 0) is 60.4 Å². The molecule has 0 fully saturated rings. The van der Waals surface area contributed by atoms with Crippen LogP contribution >= 0.6 is 11.6 Å². The summed E-state index contributed by atoms with van der Waals surface area (Å²) in [6.07, 6.45) is 5.43. The molecule has 0 bridgehead atoms. The molecule has 0 saturated carbocycles. The molecule has 3 aromatic carbocycles. The average molecular weight is 478 g/mol. The van der Waals surface area contributed by atoms with Crippen LogP contribution in [0.2, 0.25) is 5.02 Å². The zero-order valence-electron chi connectivity index (χ0n) is 18.6. The first-order valence-corrected chi connectivity index (χ1v) is 11.7. The molecule has 35 heavy (non-hydrogen) atoms. The third-order valence-electron chi connectivity index (χ3n) is 6.35. The number of fused-ring (bicyclic) bond motifs is 2. The third-order valence-corrected chi connectivity index (χ3v) is 6.58. The zero-order chi connectivity index (χ0) is 23.9. The third kappa shape index (κ3) is 3.80. The van der Waals surface area contributed by atoms with Crippen LogP contribution in [0.15, 0.2) is 85.1 Å². The maximum Gasteiger partial charge on any atom is 0.336 e. The van der Waals surface area contributed by atoms with Crippen LogP contribution in [0.4, 0.5) is 0 Å². The summed E-state index contributed by atoms with van der Waals surface area (Å²) >= 11 is 6.30. The van der Waals surface area contributed by atoms with Gasteiger partial charge in [0.2, 0.25) is 0 Å². The summed E-state index contributed by atoms with van der Waals surface area (Å²) in [7, 11) is 0. The molecular formula is C29H20ClN3O2. The number of hydrogen-bond donors (Lipinski definition) is 1. The van der Waals surface area contributed by atoms with Crippen molar-refractivity contribution in [3.05, 3.63) is 112 Å². The first kappa shape index (κ1) is 21.3. The Balaban J connectivity index is 1.55. The van der Waals surface area contributed by atoms with Crippen LogP contribution in [-0.4, -0.2) is 25.8 Å². The van der Waals surface area contributed by atoms with E-state index < -0.39 is 5.97 Å². The Hall–Kier alpha value is -4.22. The Morgan fingerprint density at radius 1 is 0.943 bits per heavy atom. The molecular weight excluding hydrogens is 458 g/mol. The second kappa shape index (κ2) is 8.53. The lowest BCUT2D eigenvalue weighted by atomic mass is 10.0. The number of carboxylic acids is 1. The van der Waals surface area contributed by atoms with E-state index in [2.05, 4.69) is 6.08 Å². The molecule has 0 aliphatic heterocycles. The molecule has 0 amide bonds. The van der Waals surface area contributed by atoms with Gasteiger partial charge >= 0.3 is 5.97 Å². The van der Waals surface area contributed by atoms with E-state index in [1.165, 1.54) is 0 Å². The molecule has 0 atom stereocenters. The number of pyridine rings is 1. The summed E-state index contributed by atoms with van der Waals surface area (Å²) in [5.74, 6) is -0.919. The van der Waals surface area contributed by atoms with Crippen LogP contribution in [-0.2, 0) is 6.42 Å². The van der Waals surface area contributed by atoms with Gasteiger partial charge in [0.25, 0.3) is 0 Å². The molecule has 2 heterocycles. The number of benzene rings is 3. The predicted octanol–water partition coefficient (Wildman–Crippen LogP) is 6.93. The van der Waals surface area contributed by atoms with E-state index in [9.17, 15) is 9.90 Å². The molecule has 0 spiro atoms. The van der Waals surface area contributed by atoms with Gasteiger partial charge in [-0.25, -0.2) is 14.5 Å². The van der Waals surface area contributed by atoms with Crippen LogP contribution in [0, 0.1) is 0 Å². The van der Waals surface area contributed by atoms with Crippen molar-refractivity contribution in [2.45, 2.75) is 12.8 Å². The number of nitrogens with zero attached hydrogens (tertiary/aromatic N) is 3. The molecule has 1 N–H and O–H groups in total. The summed E-state index contributed by atoms with van der Waals surface area (Å²) < 4.78 is 1.86. The number of halogens is 1. The Labute approximate surface area is 206 Å². The van der Waals surface area contributed by atoms with Gasteiger partial charge < -0.3 is 5.11 Å². The predicted molar refractivity (Wildman–Crippen MR) is 139 cm³/mol. The van der Waals surface area contributed by atoms with Crippen molar-refractivity contribution in [3.63, 3.8) is 0 Å². The minimum atomic E-state index is -0.919. The van der Waals surface area contributed by atoms with E-state index in [0.29, 0.717) is 34.3 Å². The lowest BCUT2D eigenvalue weighted by Gasteiger charge is -2.09. The van der Waals surface area contributed by atoms with Crippen LogP contribution in [0.5, 0.6) is 0 Å². The number of carbonyl (C=O) groups is 1. The van der Waals surface area contributed by atoms with Crippen molar-refractivity contribution in [2.75, 3.05) is 0 Å². The number of rotatable bonds is 4. The van der Waals surface area contributed by atoms with Crippen molar-refractivity contribution in [1.29, 1.82) is 0 Å². The van der Waals surface area contributed by atoms with E-state index in [1.54, 1.807) is 0 Å². The van der Waals surface area contributed by atoms with Crippen molar-refractivity contribution < 1.29 is 9.90 Å². The fourth-order valence-corrected chi connectivity index (χ4v) is 4.97. The number of allylic oxidation sites excluding steroid dienone is 1. The van der Waals surface area contributed by atoms with Gasteiger partial charge in [-0.1, -0.05) is 60.1 Å². The lowest BCUT2D eigenvalue weighted by Crippen LogP contribution is -2.05. The van der Waals surface area contributed by atoms with Crippen LogP contribution in [0.3, 0.4) is 0 Å². The monoisotopic (exact) mass is 477 g/mol. The zero-order valence-corrected chi connectivity index (χ0v) is 19.4. The van der Waals surface area contributed by atoms with Gasteiger partial charge in [-0.15, -0.1) is 0 Å². The number of para-hydroxylation sites is 2. The highest BCUT2D eigenvalue weighted by atomic mass is 35.5. The summed E-state index contributed by atoms with van der Waals surface area (Å²) in [6.45, 7) is 0. The van der Waals surface area contributed by atoms with Crippen molar-refractivity contribution in [2.24, 2.45) is 0 Å². The Bertz CT molecular complexity index is 1640. The molecule has 2 aromatic heterocycles. The highest BCUT2D eigenvalue weighted by molar-refractivity contribution is 6.30. The first-order chi connectivity index (χ1) is 17.1. The maximum absolute atomic E-state index is 12.2. The van der Waals surface area contributed by atoms with Gasteiger partial charge in [0.15, 0.2) is 0 Å². The highest BCUT2D eigenvalue weighted by Crippen LogP contribution is 2.39. The van der Waals surface area contributed by atoms with Crippen molar-refractivity contribution in [1.82, 2.24) is 14.8 Å². The Kier molecular flexibility index (Phi) is 5.20. The quantitative estimate of drug-likeness (QED) is 0.305. The van der Waals surface area contributed by atoms with E-state index >= 15 is 0 Å². The highest BCUT2D eigenvalue weighted by Gasteiger charge is 2.27. The molecule has 5 nitrogen and oxygen atoms in total. The van der Waals surface area contributed by atoms with Crippen molar-refractivity contribution in [3.8, 4) is 16.9 Å². The van der Waals surface area contributed by atoms with Crippen LogP contribution in [0.25, 0.3) is 39.5 Å². The SMILES string of the molecule is O=C(O)c1c2c(nc3ccccc13)C(=Cc1cn(-c3ccccc3)nc1-c1cccc(Cl)c1)CC2. The average Bonchev–Trinajstić information content (AvgIpc) is 3.47. The van der Waals surface area contributed by atoms with Gasteiger partial charge in [0.05, 0.1) is 22.5 Å². The molecule has 0 unspecified atom stereocenters. The fraction of sp³-hybridized carbons (Fsp3) is 0.0690. The number of carboxylic acid groups (broad SMARTS) is 1. The summed E-state index contributed by atoms with van der Waals surface area (Å²) in [5.41, 5.74) is 7.18. The van der Waals surface area contributed by atoms with Gasteiger partial charge in [0.1, 0.15) is 5.69 Å². The largest absolute Gasteiger partial charge is 0.478 e. The van der Waals surface area contributed by atoms with Gasteiger partial charge in [0, 0.05) is 27.7 Å². The summed E-state index contributed by atoms with van der Waals surface area (Å²) in [4.78, 5) is 17.1. The molecule has 1 aliphatic rings. The van der Waals surface area contributed by atoms with Crippen molar-refractivity contribution >= 4 is 40.1 Å². The lowest BCUT2D eigenvalue weighted by molar-refractivity contribution is 0.0698. The summed E-state index contributed by atoms with van der Waals surface area (Å²) in [5, 5.41) is 16.2. The molecule has 170 valence electrons. The topological polar surface area (TPSA) is 68.0 Å². The second-order valence-electron chi connectivity index (χ2n) is 8.53. The normalized spacial score (nSPS) is 13.9. The van der Waals surface area contributed by atoms with E-state index in [1.807, 2.05) is 89.7 Å². The minimum absolute atomic E-state index is 0.351. The van der Waals surface area contributed by atoms with E-state index in [-0.39, 0.29) is 0 Å². The fourth-order valence-electron chi connectivity index (χ4n) is 4.78. The van der Waals surface area contributed by atoms with Crippen LogP contribution in [0.1, 0.15) is 33.6 Å². The number of aromatic carboxylic acids is 1. The van der Waals surface area contributed by atoms with E-state index in [4.69, 9.17) is 21.7 Å². The van der Waals surface area contributed by atoms with E-state index in [0.717, 1.165) is 39.3 Å². The van der Waals surface area contributed by atoms with Gasteiger partial charge in [-0.3, -0.25) is 0 Å². The molecule has 6 heteroatoms. The second-order valence-corrected chi connectivity index (χ2v) is 8.97. The molecule has 0 radical (unpaired) electrons. The van der Waals surface area contributed by atoms with Crippen LogP contribution < -0.4 is 0 Å². The maximum atomic E-state index is 12.2.